The molecule has 2 aliphatic rings. The van der Waals surface area contributed by atoms with Crippen LogP contribution in [0.2, 0.25) is 0 Å². The van der Waals surface area contributed by atoms with E-state index >= 15 is 0 Å². The van der Waals surface area contributed by atoms with Crippen LogP contribution in [0.1, 0.15) is 37.5 Å². The third-order valence-corrected chi connectivity index (χ3v) is 4.49. The largest absolute Gasteiger partial charge is 0.459 e. The van der Waals surface area contributed by atoms with Crippen molar-refractivity contribution in [2.24, 2.45) is 11.7 Å². The van der Waals surface area contributed by atoms with Crippen LogP contribution in [0.5, 0.6) is 0 Å². The van der Waals surface area contributed by atoms with Gasteiger partial charge in [-0.05, 0) is 43.7 Å². The first-order valence-corrected chi connectivity index (χ1v) is 7.78. The Morgan fingerprint density at radius 3 is 2.70 bits per heavy atom. The van der Waals surface area contributed by atoms with E-state index in [2.05, 4.69) is 17.0 Å². The average molecular weight is 270 g/mol. The van der Waals surface area contributed by atoms with Gasteiger partial charge >= 0.3 is 0 Å². The molecule has 0 amide bonds. The van der Waals surface area contributed by atoms with Crippen LogP contribution < -0.4 is 5.73 Å². The van der Waals surface area contributed by atoms with Crippen molar-refractivity contribution < 1.29 is 4.42 Å². The predicted octanol–water partition coefficient (Wildman–Crippen LogP) is 3.31. The number of para-hydroxylation sites is 1. The SMILES string of the molecule is NC(CN(CC1CC1)C1CC1)c1cc2ccccc2o1. The predicted molar refractivity (Wildman–Crippen MR) is 80.5 cm³/mol. The lowest BCUT2D eigenvalue weighted by Gasteiger charge is -2.24. The summed E-state index contributed by atoms with van der Waals surface area (Å²) in [5.74, 6) is 1.85. The van der Waals surface area contributed by atoms with Crippen molar-refractivity contribution in [2.45, 2.75) is 37.8 Å². The van der Waals surface area contributed by atoms with Crippen molar-refractivity contribution in [2.75, 3.05) is 13.1 Å². The monoisotopic (exact) mass is 270 g/mol. The van der Waals surface area contributed by atoms with E-state index in [0.717, 1.165) is 35.2 Å². The van der Waals surface area contributed by atoms with Gasteiger partial charge in [-0.1, -0.05) is 18.2 Å². The highest BCUT2D eigenvalue weighted by molar-refractivity contribution is 5.77. The quantitative estimate of drug-likeness (QED) is 0.875. The Kier molecular flexibility index (Phi) is 3.04. The first-order valence-electron chi connectivity index (χ1n) is 7.78. The van der Waals surface area contributed by atoms with Crippen molar-refractivity contribution in [3.63, 3.8) is 0 Å². The van der Waals surface area contributed by atoms with E-state index in [4.69, 9.17) is 10.2 Å². The zero-order valence-corrected chi connectivity index (χ0v) is 11.8. The Hall–Kier alpha value is -1.32. The molecule has 4 rings (SSSR count). The van der Waals surface area contributed by atoms with E-state index in [9.17, 15) is 0 Å². The highest BCUT2D eigenvalue weighted by atomic mass is 16.3. The van der Waals surface area contributed by atoms with E-state index in [1.165, 1.54) is 32.2 Å². The van der Waals surface area contributed by atoms with Crippen molar-refractivity contribution in [1.82, 2.24) is 4.90 Å². The van der Waals surface area contributed by atoms with Crippen LogP contribution in [-0.4, -0.2) is 24.0 Å². The van der Waals surface area contributed by atoms with Crippen LogP contribution in [0.4, 0.5) is 0 Å². The molecular weight excluding hydrogens is 248 g/mol. The molecule has 1 aromatic carbocycles. The summed E-state index contributed by atoms with van der Waals surface area (Å²) >= 11 is 0. The zero-order chi connectivity index (χ0) is 13.5. The zero-order valence-electron chi connectivity index (χ0n) is 11.8. The second kappa shape index (κ2) is 4.90. The van der Waals surface area contributed by atoms with Gasteiger partial charge in [-0.25, -0.2) is 0 Å². The molecule has 0 radical (unpaired) electrons. The second-order valence-electron chi connectivity index (χ2n) is 6.42. The molecule has 3 nitrogen and oxygen atoms in total. The summed E-state index contributed by atoms with van der Waals surface area (Å²) in [6, 6.07) is 11.0. The maximum absolute atomic E-state index is 6.39. The molecule has 106 valence electrons. The second-order valence-corrected chi connectivity index (χ2v) is 6.42. The van der Waals surface area contributed by atoms with Crippen LogP contribution in [0.3, 0.4) is 0 Å². The summed E-state index contributed by atoms with van der Waals surface area (Å²) in [6.07, 6.45) is 5.51. The molecule has 1 aromatic heterocycles. The van der Waals surface area contributed by atoms with Gasteiger partial charge in [0, 0.05) is 24.5 Å². The van der Waals surface area contributed by atoms with E-state index < -0.39 is 0 Å². The minimum Gasteiger partial charge on any atom is -0.459 e. The highest BCUT2D eigenvalue weighted by Gasteiger charge is 2.34. The van der Waals surface area contributed by atoms with E-state index in [-0.39, 0.29) is 6.04 Å². The highest BCUT2D eigenvalue weighted by Crippen LogP contribution is 2.35. The average Bonchev–Trinajstić information content (AvgIpc) is 3.35. The third kappa shape index (κ3) is 2.60. The van der Waals surface area contributed by atoms with Gasteiger partial charge in [-0.3, -0.25) is 4.90 Å². The van der Waals surface area contributed by atoms with Gasteiger partial charge in [0.15, 0.2) is 0 Å². The summed E-state index contributed by atoms with van der Waals surface area (Å²) in [6.45, 7) is 2.17. The number of hydrogen-bond donors (Lipinski definition) is 1. The van der Waals surface area contributed by atoms with Gasteiger partial charge in [0.2, 0.25) is 0 Å². The maximum Gasteiger partial charge on any atom is 0.134 e. The molecule has 3 heteroatoms. The number of rotatable bonds is 6. The molecule has 2 N–H and O–H groups in total. The molecule has 0 spiro atoms. The number of benzene rings is 1. The number of fused-ring (bicyclic) bond motifs is 1. The smallest absolute Gasteiger partial charge is 0.134 e. The fourth-order valence-electron chi connectivity index (χ4n) is 2.97. The number of hydrogen-bond acceptors (Lipinski definition) is 3. The molecule has 1 unspecified atom stereocenters. The summed E-state index contributed by atoms with van der Waals surface area (Å²) < 4.78 is 5.90. The van der Waals surface area contributed by atoms with Crippen LogP contribution in [0.25, 0.3) is 11.0 Å². The molecular formula is C17H22N2O. The molecule has 1 atom stereocenters. The van der Waals surface area contributed by atoms with Crippen LogP contribution in [0, 0.1) is 5.92 Å². The van der Waals surface area contributed by atoms with Gasteiger partial charge < -0.3 is 10.2 Å². The standard InChI is InChI=1S/C17H22N2O/c18-15(11-19(14-7-8-14)10-12-5-6-12)17-9-13-3-1-2-4-16(13)20-17/h1-4,9,12,14-15H,5-8,10-11,18H2. The Morgan fingerprint density at radius 1 is 1.20 bits per heavy atom. The maximum atomic E-state index is 6.39. The van der Waals surface area contributed by atoms with Crippen LogP contribution in [0.15, 0.2) is 34.7 Å². The molecule has 0 aliphatic heterocycles. The number of nitrogens with zero attached hydrogens (tertiary/aromatic N) is 1. The lowest BCUT2D eigenvalue weighted by Crippen LogP contribution is -2.35. The normalized spacial score (nSPS) is 20.7. The fraction of sp³-hybridized carbons (Fsp3) is 0.529. The first-order chi connectivity index (χ1) is 9.79. The molecule has 20 heavy (non-hydrogen) atoms. The molecule has 2 aromatic rings. The van der Waals surface area contributed by atoms with Gasteiger partial charge in [-0.2, -0.15) is 0 Å². The van der Waals surface area contributed by atoms with E-state index in [0.29, 0.717) is 0 Å². The minimum absolute atomic E-state index is 0.0123. The molecule has 0 saturated heterocycles. The summed E-state index contributed by atoms with van der Waals surface area (Å²) in [7, 11) is 0. The lowest BCUT2D eigenvalue weighted by atomic mass is 10.2. The third-order valence-electron chi connectivity index (χ3n) is 4.49. The van der Waals surface area contributed by atoms with Gasteiger partial charge in [0.1, 0.15) is 11.3 Å². The molecule has 2 saturated carbocycles. The Morgan fingerprint density at radius 2 is 2.00 bits per heavy atom. The Bertz CT molecular complexity index is 565. The number of nitrogens with two attached hydrogens (primary N) is 1. The van der Waals surface area contributed by atoms with Crippen molar-refractivity contribution in [3.8, 4) is 0 Å². The van der Waals surface area contributed by atoms with Gasteiger partial charge in [-0.15, -0.1) is 0 Å². The van der Waals surface area contributed by atoms with Gasteiger partial charge in [0.25, 0.3) is 0 Å². The lowest BCUT2D eigenvalue weighted by molar-refractivity contribution is 0.229. The molecule has 2 aliphatic carbocycles. The summed E-state index contributed by atoms with van der Waals surface area (Å²) in [5, 5.41) is 1.15. The fourth-order valence-corrected chi connectivity index (χ4v) is 2.97. The van der Waals surface area contributed by atoms with Gasteiger partial charge in [0.05, 0.1) is 6.04 Å². The Labute approximate surface area is 119 Å². The van der Waals surface area contributed by atoms with Crippen molar-refractivity contribution in [3.05, 3.63) is 36.1 Å². The molecule has 2 fully saturated rings. The molecule has 0 bridgehead atoms. The van der Waals surface area contributed by atoms with Crippen molar-refractivity contribution >= 4 is 11.0 Å². The van der Waals surface area contributed by atoms with Crippen molar-refractivity contribution in [1.29, 1.82) is 0 Å². The van der Waals surface area contributed by atoms with E-state index in [1.54, 1.807) is 0 Å². The van der Waals surface area contributed by atoms with E-state index in [1.807, 2.05) is 18.2 Å². The Balaban J connectivity index is 1.48. The minimum atomic E-state index is -0.0123. The first kappa shape index (κ1) is 12.4. The number of furan rings is 1. The topological polar surface area (TPSA) is 42.4 Å². The molecule has 1 heterocycles. The van der Waals surface area contributed by atoms with Crippen LogP contribution >= 0.6 is 0 Å². The summed E-state index contributed by atoms with van der Waals surface area (Å²) in [5.41, 5.74) is 7.33. The summed E-state index contributed by atoms with van der Waals surface area (Å²) in [4.78, 5) is 2.59. The van der Waals surface area contributed by atoms with Crippen LogP contribution in [-0.2, 0) is 0 Å².